The fourth-order valence-corrected chi connectivity index (χ4v) is 8.76. The number of amides is 1. The van der Waals surface area contributed by atoms with Gasteiger partial charge in [-0.25, -0.2) is 8.78 Å². The van der Waals surface area contributed by atoms with Crippen LogP contribution >= 0.6 is 0 Å². The summed E-state index contributed by atoms with van der Waals surface area (Å²) >= 11 is 0. The van der Waals surface area contributed by atoms with Gasteiger partial charge in [-0.2, -0.15) is 0 Å². The summed E-state index contributed by atoms with van der Waals surface area (Å²) in [6, 6.07) is 29.7. The first-order valence-corrected chi connectivity index (χ1v) is 18.9. The molecule has 4 aromatic rings. The molecule has 8 nitrogen and oxygen atoms in total. The first kappa shape index (κ1) is 36.7. The molecule has 3 aliphatic rings. The van der Waals surface area contributed by atoms with Crippen molar-refractivity contribution in [3.8, 4) is 11.5 Å². The van der Waals surface area contributed by atoms with Gasteiger partial charge in [0.05, 0.1) is 31.0 Å². The topological polar surface area (TPSA) is 60.5 Å². The van der Waals surface area contributed by atoms with E-state index in [1.165, 1.54) is 24.3 Å². The molecule has 1 amide bonds. The molecule has 4 aromatic carbocycles. The Morgan fingerprint density at radius 3 is 1.43 bits per heavy atom. The second-order valence-electron chi connectivity index (χ2n) is 14.6. The lowest BCUT2D eigenvalue weighted by Crippen LogP contribution is -2.53. The third kappa shape index (κ3) is 8.14. The molecule has 0 aromatic heterocycles. The minimum absolute atomic E-state index is 0.0725. The Morgan fingerprint density at radius 1 is 0.623 bits per heavy atom. The Kier molecular flexibility index (Phi) is 11.5. The zero-order valence-corrected chi connectivity index (χ0v) is 30.9. The van der Waals surface area contributed by atoms with E-state index in [9.17, 15) is 13.6 Å². The predicted molar refractivity (Wildman–Crippen MR) is 206 cm³/mol. The molecule has 2 atom stereocenters. The van der Waals surface area contributed by atoms with Crippen molar-refractivity contribution >= 4 is 17.3 Å². The number of ether oxygens (including phenoxy) is 2. The summed E-state index contributed by atoms with van der Waals surface area (Å²) in [5.74, 6) is 1.22. The van der Waals surface area contributed by atoms with E-state index < -0.39 is 5.41 Å². The number of carbonyl (C=O) groups excluding carboxylic acids is 1. The minimum Gasteiger partial charge on any atom is -0.495 e. The highest BCUT2D eigenvalue weighted by Crippen LogP contribution is 2.47. The van der Waals surface area contributed by atoms with Crippen molar-refractivity contribution in [3.05, 3.63) is 120 Å². The van der Waals surface area contributed by atoms with Gasteiger partial charge in [0.15, 0.2) is 0 Å². The van der Waals surface area contributed by atoms with Gasteiger partial charge in [-0.3, -0.25) is 14.6 Å². The summed E-state index contributed by atoms with van der Waals surface area (Å²) < 4.78 is 40.0. The van der Waals surface area contributed by atoms with Crippen molar-refractivity contribution in [1.82, 2.24) is 15.1 Å². The lowest BCUT2D eigenvalue weighted by Gasteiger charge is -2.48. The van der Waals surface area contributed by atoms with Gasteiger partial charge in [-0.05, 0) is 85.3 Å². The van der Waals surface area contributed by atoms with E-state index in [0.29, 0.717) is 19.4 Å². The van der Waals surface area contributed by atoms with Crippen molar-refractivity contribution in [1.29, 1.82) is 0 Å². The molecular weight excluding hydrogens is 673 g/mol. The number of carbonyl (C=O) groups is 1. The summed E-state index contributed by atoms with van der Waals surface area (Å²) in [4.78, 5) is 24.1. The van der Waals surface area contributed by atoms with Crippen molar-refractivity contribution in [3.63, 3.8) is 0 Å². The molecule has 280 valence electrons. The highest BCUT2D eigenvalue weighted by molar-refractivity contribution is 5.83. The average Bonchev–Trinajstić information content (AvgIpc) is 3.21. The molecule has 0 radical (unpaired) electrons. The smallest absolute Gasteiger partial charge is 0.226 e. The molecule has 0 aliphatic carbocycles. The van der Waals surface area contributed by atoms with Crippen LogP contribution in [0, 0.1) is 17.0 Å². The summed E-state index contributed by atoms with van der Waals surface area (Å²) in [6.07, 6.45) is 2.81. The van der Waals surface area contributed by atoms with Crippen LogP contribution in [0.25, 0.3) is 0 Å². The molecule has 10 heteroatoms. The maximum atomic E-state index is 14.4. The monoisotopic (exact) mass is 723 g/mol. The second kappa shape index (κ2) is 16.6. The molecule has 0 saturated carbocycles. The Hall–Kier alpha value is -4.67. The van der Waals surface area contributed by atoms with Crippen LogP contribution in [0.5, 0.6) is 11.5 Å². The van der Waals surface area contributed by atoms with Gasteiger partial charge >= 0.3 is 0 Å². The van der Waals surface area contributed by atoms with E-state index in [4.69, 9.17) is 9.47 Å². The van der Waals surface area contributed by atoms with E-state index in [0.717, 1.165) is 99.2 Å². The average molecular weight is 724 g/mol. The van der Waals surface area contributed by atoms with E-state index in [1.807, 2.05) is 60.7 Å². The number of methoxy groups -OCH3 is 2. The van der Waals surface area contributed by atoms with Gasteiger partial charge in [-0.1, -0.05) is 48.5 Å². The fraction of sp³-hybridized carbons (Fsp3) is 0.419. The Morgan fingerprint density at radius 2 is 1.04 bits per heavy atom. The normalized spacial score (nSPS) is 21.2. The molecule has 1 N–H and O–H groups in total. The first-order chi connectivity index (χ1) is 25.9. The summed E-state index contributed by atoms with van der Waals surface area (Å²) in [5.41, 5.74) is 3.47. The third-order valence-corrected chi connectivity index (χ3v) is 11.6. The van der Waals surface area contributed by atoms with Gasteiger partial charge in [-0.15, -0.1) is 0 Å². The number of piperidine rings is 1. The minimum atomic E-state index is -0.698. The van der Waals surface area contributed by atoms with Gasteiger partial charge in [0.1, 0.15) is 23.1 Å². The molecule has 53 heavy (non-hydrogen) atoms. The second-order valence-corrected chi connectivity index (χ2v) is 14.6. The number of anilines is 2. The van der Waals surface area contributed by atoms with E-state index in [1.54, 1.807) is 14.2 Å². The van der Waals surface area contributed by atoms with Crippen molar-refractivity contribution in [2.75, 3.05) is 82.9 Å². The van der Waals surface area contributed by atoms with Crippen LogP contribution in [0.15, 0.2) is 97.1 Å². The third-order valence-electron chi connectivity index (χ3n) is 11.6. The Bertz CT molecular complexity index is 1690. The number of nitrogens with zero attached hydrogens (tertiary/aromatic N) is 4. The van der Waals surface area contributed by atoms with Crippen LogP contribution in [-0.4, -0.2) is 88.8 Å². The van der Waals surface area contributed by atoms with Crippen LogP contribution in [-0.2, 0) is 4.79 Å². The van der Waals surface area contributed by atoms with Gasteiger partial charge in [0, 0.05) is 71.0 Å². The number of piperazine rings is 2. The number of para-hydroxylation sites is 4. The number of hydrogen-bond donors (Lipinski definition) is 1. The number of halogens is 2. The van der Waals surface area contributed by atoms with Gasteiger partial charge in [0.2, 0.25) is 5.91 Å². The molecule has 3 heterocycles. The lowest BCUT2D eigenvalue weighted by atomic mass is 9.68. The zero-order chi connectivity index (χ0) is 36.8. The number of rotatable bonds is 12. The number of benzene rings is 4. The van der Waals surface area contributed by atoms with E-state index in [-0.39, 0.29) is 29.6 Å². The van der Waals surface area contributed by atoms with Gasteiger partial charge < -0.3 is 24.6 Å². The molecule has 3 fully saturated rings. The first-order valence-electron chi connectivity index (χ1n) is 18.9. The Labute approximate surface area is 312 Å². The molecular formula is C43H51F2N5O3. The van der Waals surface area contributed by atoms with Crippen molar-refractivity contribution in [2.24, 2.45) is 5.41 Å². The molecule has 0 bridgehead atoms. The quantitative estimate of drug-likeness (QED) is 0.168. The maximum Gasteiger partial charge on any atom is 0.226 e. The summed E-state index contributed by atoms with van der Waals surface area (Å²) in [6.45, 7) is 6.97. The molecule has 3 saturated heterocycles. The van der Waals surface area contributed by atoms with Crippen LogP contribution in [0.4, 0.5) is 20.2 Å². The molecule has 2 unspecified atom stereocenters. The van der Waals surface area contributed by atoms with Crippen LogP contribution in [0.2, 0.25) is 0 Å². The molecule has 7 rings (SSSR count). The number of hydrogen-bond acceptors (Lipinski definition) is 7. The van der Waals surface area contributed by atoms with E-state index >= 15 is 0 Å². The largest absolute Gasteiger partial charge is 0.495 e. The maximum absolute atomic E-state index is 14.4. The molecule has 3 aliphatic heterocycles. The highest BCUT2D eigenvalue weighted by atomic mass is 19.1. The Balaban J connectivity index is 1.18. The van der Waals surface area contributed by atoms with E-state index in [2.05, 4.69) is 37.0 Å². The van der Waals surface area contributed by atoms with Crippen LogP contribution in [0.3, 0.4) is 0 Å². The van der Waals surface area contributed by atoms with Gasteiger partial charge in [0.25, 0.3) is 0 Å². The highest BCUT2D eigenvalue weighted by Gasteiger charge is 2.46. The van der Waals surface area contributed by atoms with Crippen molar-refractivity contribution in [2.45, 2.75) is 37.8 Å². The SMILES string of the molecule is COc1ccccc1N1CCN(C(CC2(CC(c3ccc(F)cc3)N3CCN(c4ccccc4OC)CC3)CCCNC2=O)c2ccc(F)cc2)CC1. The van der Waals surface area contributed by atoms with Crippen LogP contribution in [0.1, 0.15) is 48.9 Å². The molecule has 0 spiro atoms. The predicted octanol–water partition coefficient (Wildman–Crippen LogP) is 7.09. The number of nitrogens with one attached hydrogen (secondary N) is 1. The standard InChI is InChI=1S/C43H51F2N5O3/c1-52-40-10-5-3-8-36(40)47-22-26-49(27-23-47)38(32-12-16-34(44)17-13-32)30-43(20-7-21-46-42(43)51)31-39(33-14-18-35(45)19-15-33)50-28-24-48(25-29-50)37-9-4-6-11-41(37)53-2/h3-6,8-19,38-39H,7,20-31H2,1-2H3,(H,46,51). The van der Waals surface area contributed by atoms with Crippen LogP contribution < -0.4 is 24.6 Å². The zero-order valence-electron chi connectivity index (χ0n) is 30.9. The van der Waals surface area contributed by atoms with Crippen molar-refractivity contribution < 1.29 is 23.0 Å². The fourth-order valence-electron chi connectivity index (χ4n) is 8.76. The lowest BCUT2D eigenvalue weighted by molar-refractivity contribution is -0.137. The summed E-state index contributed by atoms with van der Waals surface area (Å²) in [7, 11) is 3.40. The summed E-state index contributed by atoms with van der Waals surface area (Å²) in [5, 5.41) is 3.25.